The van der Waals surface area contributed by atoms with Gasteiger partial charge in [0, 0.05) is 18.4 Å². The van der Waals surface area contributed by atoms with E-state index in [4.69, 9.17) is 17.3 Å². The van der Waals surface area contributed by atoms with E-state index in [1.807, 2.05) is 11.4 Å². The van der Waals surface area contributed by atoms with E-state index in [-0.39, 0.29) is 17.7 Å². The molecule has 1 fully saturated rings. The molecule has 0 amide bonds. The highest BCUT2D eigenvalue weighted by Crippen LogP contribution is 2.30. The normalized spacial score (nSPS) is 25.9. The van der Waals surface area contributed by atoms with E-state index in [2.05, 4.69) is 0 Å². The van der Waals surface area contributed by atoms with Gasteiger partial charge in [0.2, 0.25) is 0 Å². The van der Waals surface area contributed by atoms with Crippen LogP contribution in [0.25, 0.3) is 0 Å². The van der Waals surface area contributed by atoms with E-state index < -0.39 is 0 Å². The van der Waals surface area contributed by atoms with Crippen LogP contribution in [0.2, 0.25) is 4.34 Å². The van der Waals surface area contributed by atoms with Crippen molar-refractivity contribution in [3.8, 4) is 0 Å². The van der Waals surface area contributed by atoms with Crippen LogP contribution >= 0.6 is 22.9 Å². The van der Waals surface area contributed by atoms with Crippen LogP contribution in [0.5, 0.6) is 0 Å². The molecule has 1 aliphatic rings. The number of ketones is 1. The van der Waals surface area contributed by atoms with Crippen LogP contribution in [-0.2, 0) is 11.2 Å². The van der Waals surface area contributed by atoms with E-state index in [0.29, 0.717) is 6.42 Å². The maximum Gasteiger partial charge on any atom is 0.140 e. The molecule has 1 aromatic rings. The molecule has 0 aliphatic heterocycles. The molecule has 1 aromatic heterocycles. The van der Waals surface area contributed by atoms with Crippen LogP contribution < -0.4 is 5.73 Å². The number of rotatable bonds is 3. The molecule has 76 valence electrons. The summed E-state index contributed by atoms with van der Waals surface area (Å²) in [7, 11) is 0. The van der Waals surface area contributed by atoms with Crippen molar-refractivity contribution in [2.75, 3.05) is 0 Å². The number of carbonyl (C=O) groups excluding carboxylic acids is 1. The van der Waals surface area contributed by atoms with Crippen molar-refractivity contribution in [3.63, 3.8) is 0 Å². The molecule has 0 spiro atoms. The second-order valence-electron chi connectivity index (χ2n) is 3.79. The zero-order valence-corrected chi connectivity index (χ0v) is 9.27. The fraction of sp³-hybridized carbons (Fsp3) is 0.500. The molecule has 2 N–H and O–H groups in total. The first-order valence-corrected chi connectivity index (χ1v) is 5.92. The summed E-state index contributed by atoms with van der Waals surface area (Å²) in [5, 5.41) is 1.91. The lowest BCUT2D eigenvalue weighted by molar-refractivity contribution is -0.125. The summed E-state index contributed by atoms with van der Waals surface area (Å²) < 4.78 is 0.738. The van der Waals surface area contributed by atoms with Crippen LogP contribution in [-0.4, -0.2) is 11.8 Å². The van der Waals surface area contributed by atoms with E-state index in [9.17, 15) is 4.79 Å². The van der Waals surface area contributed by atoms with Gasteiger partial charge in [0.05, 0.1) is 4.34 Å². The minimum atomic E-state index is 0.181. The van der Waals surface area contributed by atoms with Crippen molar-refractivity contribution >= 4 is 28.7 Å². The van der Waals surface area contributed by atoms with Gasteiger partial charge in [0.25, 0.3) is 0 Å². The second-order valence-corrected chi connectivity index (χ2v) is 5.31. The molecule has 0 bridgehead atoms. The maximum atomic E-state index is 11.7. The average Bonchev–Trinajstić information content (AvgIpc) is 2.46. The van der Waals surface area contributed by atoms with Gasteiger partial charge < -0.3 is 5.73 Å². The van der Waals surface area contributed by atoms with Gasteiger partial charge in [-0.3, -0.25) is 4.79 Å². The third-order valence-electron chi connectivity index (χ3n) is 2.69. The zero-order chi connectivity index (χ0) is 10.1. The summed E-state index contributed by atoms with van der Waals surface area (Å²) >= 11 is 7.39. The monoisotopic (exact) mass is 229 g/mol. The van der Waals surface area contributed by atoms with Gasteiger partial charge in [-0.1, -0.05) is 11.6 Å². The third kappa shape index (κ3) is 2.00. The number of halogens is 1. The van der Waals surface area contributed by atoms with Crippen LogP contribution in [0.3, 0.4) is 0 Å². The van der Waals surface area contributed by atoms with Crippen molar-refractivity contribution in [3.05, 3.63) is 21.3 Å². The van der Waals surface area contributed by atoms with Crippen LogP contribution in [0, 0.1) is 5.92 Å². The number of hydrogen-bond donors (Lipinski definition) is 1. The molecule has 1 saturated carbocycles. The molecule has 0 radical (unpaired) electrons. The molecule has 0 aromatic carbocycles. The fourth-order valence-corrected chi connectivity index (χ4v) is 2.63. The molecule has 4 heteroatoms. The minimum Gasteiger partial charge on any atom is -0.328 e. The van der Waals surface area contributed by atoms with Gasteiger partial charge in [-0.15, -0.1) is 11.3 Å². The lowest BCUT2D eigenvalue weighted by atomic mass is 9.77. The molecule has 1 heterocycles. The Morgan fingerprint density at radius 1 is 1.64 bits per heavy atom. The van der Waals surface area contributed by atoms with Crippen LogP contribution in [0.4, 0.5) is 0 Å². The van der Waals surface area contributed by atoms with E-state index in [1.165, 1.54) is 11.3 Å². The van der Waals surface area contributed by atoms with Crippen molar-refractivity contribution in [2.24, 2.45) is 11.7 Å². The highest BCUT2D eigenvalue weighted by atomic mass is 35.5. The number of Topliss-reactive ketones (excluding diaryl/α,β-unsaturated/α-hetero) is 1. The Hall–Kier alpha value is -0.380. The summed E-state index contributed by atoms with van der Waals surface area (Å²) in [6.45, 7) is 0. The molecular formula is C10H12ClNOS. The first-order chi connectivity index (χ1) is 6.66. The molecule has 2 rings (SSSR count). The van der Waals surface area contributed by atoms with E-state index in [1.54, 1.807) is 0 Å². The van der Waals surface area contributed by atoms with Crippen molar-refractivity contribution in [2.45, 2.75) is 25.3 Å². The summed E-state index contributed by atoms with van der Waals surface area (Å²) in [5.74, 6) is 0.466. The third-order valence-corrected chi connectivity index (χ3v) is 3.94. The second kappa shape index (κ2) is 4.01. The quantitative estimate of drug-likeness (QED) is 0.864. The Bertz CT molecular complexity index is 344. The van der Waals surface area contributed by atoms with E-state index >= 15 is 0 Å². The van der Waals surface area contributed by atoms with Gasteiger partial charge in [-0.05, 0) is 29.9 Å². The highest BCUT2D eigenvalue weighted by molar-refractivity contribution is 7.14. The average molecular weight is 230 g/mol. The SMILES string of the molecule is NC1CC(C(=O)Cc2ccsc2Cl)C1. The zero-order valence-electron chi connectivity index (χ0n) is 7.70. The summed E-state index contributed by atoms with van der Waals surface area (Å²) in [6, 6.07) is 2.16. The maximum absolute atomic E-state index is 11.7. The van der Waals surface area contributed by atoms with Crippen molar-refractivity contribution in [1.82, 2.24) is 0 Å². The number of nitrogens with two attached hydrogens (primary N) is 1. The van der Waals surface area contributed by atoms with Gasteiger partial charge in [0.1, 0.15) is 5.78 Å². The van der Waals surface area contributed by atoms with Crippen LogP contribution in [0.15, 0.2) is 11.4 Å². The lowest BCUT2D eigenvalue weighted by Gasteiger charge is -2.31. The molecule has 14 heavy (non-hydrogen) atoms. The Labute approximate surface area is 92.1 Å². The predicted octanol–water partition coefficient (Wildman–Crippen LogP) is 2.25. The number of thiophene rings is 1. The summed E-state index contributed by atoms with van der Waals surface area (Å²) in [6.07, 6.45) is 2.17. The van der Waals surface area contributed by atoms with Crippen LogP contribution in [0.1, 0.15) is 18.4 Å². The standard InChI is InChI=1S/C10H12ClNOS/c11-10-6(1-2-14-10)5-9(13)7-3-8(12)4-7/h1-2,7-8H,3-5,12H2. The summed E-state index contributed by atoms with van der Waals surface area (Å²) in [4.78, 5) is 11.7. The Balaban J connectivity index is 1.92. The first kappa shape index (κ1) is 10.1. The smallest absolute Gasteiger partial charge is 0.140 e. The number of hydrogen-bond acceptors (Lipinski definition) is 3. The minimum absolute atomic E-state index is 0.181. The van der Waals surface area contributed by atoms with Gasteiger partial charge in [0.15, 0.2) is 0 Å². The molecule has 2 nitrogen and oxygen atoms in total. The largest absolute Gasteiger partial charge is 0.328 e. The molecule has 1 aliphatic carbocycles. The van der Waals surface area contributed by atoms with Gasteiger partial charge in [-0.25, -0.2) is 0 Å². The molecule has 0 atom stereocenters. The topological polar surface area (TPSA) is 43.1 Å². The molecular weight excluding hydrogens is 218 g/mol. The Morgan fingerprint density at radius 2 is 2.36 bits per heavy atom. The lowest BCUT2D eigenvalue weighted by Crippen LogP contribution is -2.40. The van der Waals surface area contributed by atoms with Crippen molar-refractivity contribution in [1.29, 1.82) is 0 Å². The van der Waals surface area contributed by atoms with Gasteiger partial charge in [-0.2, -0.15) is 0 Å². The van der Waals surface area contributed by atoms with E-state index in [0.717, 1.165) is 22.7 Å². The first-order valence-electron chi connectivity index (χ1n) is 4.67. The van der Waals surface area contributed by atoms with Gasteiger partial charge >= 0.3 is 0 Å². The Morgan fingerprint density at radius 3 is 2.86 bits per heavy atom. The molecule has 0 saturated heterocycles. The molecule has 0 unspecified atom stereocenters. The summed E-state index contributed by atoms with van der Waals surface area (Å²) in [5.41, 5.74) is 6.59. The predicted molar refractivity (Wildman–Crippen MR) is 58.7 cm³/mol. The number of carbonyl (C=O) groups is 1. The van der Waals surface area contributed by atoms with Crippen molar-refractivity contribution < 1.29 is 4.79 Å². The Kier molecular flexibility index (Phi) is 2.91. The fourth-order valence-electron chi connectivity index (χ4n) is 1.70. The highest BCUT2D eigenvalue weighted by Gasteiger charge is 2.31.